The molecule has 10 N–H and O–H groups in total. The first-order valence-corrected chi connectivity index (χ1v) is 12.2. The number of rotatable bonds is 17. The summed E-state index contributed by atoms with van der Waals surface area (Å²) in [5, 5.41) is 25.2. The molecule has 4 atom stereocenters. The van der Waals surface area contributed by atoms with E-state index in [-0.39, 0.29) is 19.3 Å². The van der Waals surface area contributed by atoms with Crippen molar-refractivity contribution < 1.29 is 39.0 Å². The van der Waals surface area contributed by atoms with Gasteiger partial charge in [-0.2, -0.15) is 11.8 Å². The second-order valence-corrected chi connectivity index (χ2v) is 8.78. The zero-order chi connectivity index (χ0) is 27.3. The van der Waals surface area contributed by atoms with Crippen LogP contribution in [0, 0.1) is 0 Å². The summed E-state index contributed by atoms with van der Waals surface area (Å²) in [4.78, 5) is 78.6. The monoisotopic (exact) mass is 529 g/mol. The third-order valence-corrected chi connectivity index (χ3v) is 5.52. The molecule has 0 bridgehead atoms. The number of thioether (sulfide) groups is 1. The van der Waals surface area contributed by atoms with Crippen molar-refractivity contribution in [2.45, 2.75) is 56.3 Å². The van der Waals surface area contributed by atoms with E-state index in [1.807, 2.05) is 0 Å². The maximum absolute atomic E-state index is 12.9. The van der Waals surface area contributed by atoms with Gasteiger partial charge in [0.15, 0.2) is 0 Å². The molecule has 0 fully saturated rings. The maximum atomic E-state index is 12.9. The molecular formula is C20H31N7O8S. The number of primary amides is 1. The SMILES string of the molecule is CSCCC(NC(=O)C(CC(N)=O)NC(=O)C(CCC(=O)O)NC(=O)C(N)Cc1cnc[nH]1)C(=O)O. The number of carboxylic acids is 2. The van der Waals surface area contributed by atoms with Gasteiger partial charge in [-0.15, -0.1) is 0 Å². The van der Waals surface area contributed by atoms with Crippen molar-refractivity contribution in [1.82, 2.24) is 25.9 Å². The number of aliphatic carboxylic acids is 2. The van der Waals surface area contributed by atoms with Crippen molar-refractivity contribution in [3.05, 3.63) is 18.2 Å². The Morgan fingerprint density at radius 3 is 2.14 bits per heavy atom. The van der Waals surface area contributed by atoms with E-state index in [1.54, 1.807) is 6.26 Å². The molecule has 1 rings (SSSR count). The second-order valence-electron chi connectivity index (χ2n) is 7.79. The van der Waals surface area contributed by atoms with Gasteiger partial charge in [-0.25, -0.2) is 9.78 Å². The first-order chi connectivity index (χ1) is 16.9. The van der Waals surface area contributed by atoms with Gasteiger partial charge in [-0.05, 0) is 24.9 Å². The van der Waals surface area contributed by atoms with E-state index >= 15 is 0 Å². The molecule has 15 nitrogen and oxygen atoms in total. The summed E-state index contributed by atoms with van der Waals surface area (Å²) in [5.74, 6) is -5.81. The standard InChI is InChI=1S/C20H31N7O8S/c1-36-5-4-13(20(34)35)26-19(33)14(7-15(22)28)27-18(32)12(2-3-16(29)30)25-17(31)11(21)6-10-8-23-9-24-10/h8-9,11-14H,2-7,21H2,1H3,(H2,22,28)(H,23,24)(H,25,31)(H,26,33)(H,27,32)(H,29,30)(H,34,35). The van der Waals surface area contributed by atoms with Crippen molar-refractivity contribution >= 4 is 47.3 Å². The number of aromatic amines is 1. The van der Waals surface area contributed by atoms with E-state index in [0.717, 1.165) is 0 Å². The minimum absolute atomic E-state index is 0.0540. The summed E-state index contributed by atoms with van der Waals surface area (Å²) in [6.45, 7) is 0. The average Bonchev–Trinajstić information content (AvgIpc) is 3.30. The number of imidazole rings is 1. The Kier molecular flexibility index (Phi) is 13.0. The van der Waals surface area contributed by atoms with Crippen LogP contribution in [-0.4, -0.2) is 91.9 Å². The van der Waals surface area contributed by atoms with Crippen LogP contribution in [-0.2, 0) is 35.2 Å². The number of carbonyl (C=O) groups excluding carboxylic acids is 4. The maximum Gasteiger partial charge on any atom is 0.326 e. The average molecular weight is 530 g/mol. The van der Waals surface area contributed by atoms with E-state index in [1.165, 1.54) is 24.3 Å². The van der Waals surface area contributed by atoms with Gasteiger partial charge in [-0.3, -0.25) is 24.0 Å². The Labute approximate surface area is 210 Å². The van der Waals surface area contributed by atoms with Gasteiger partial charge in [0.1, 0.15) is 18.1 Å². The number of nitrogens with two attached hydrogens (primary N) is 2. The van der Waals surface area contributed by atoms with Crippen LogP contribution in [0.2, 0.25) is 0 Å². The van der Waals surface area contributed by atoms with Crippen LogP contribution in [0.5, 0.6) is 0 Å². The van der Waals surface area contributed by atoms with Gasteiger partial charge in [0.25, 0.3) is 0 Å². The van der Waals surface area contributed by atoms with Gasteiger partial charge >= 0.3 is 11.9 Å². The number of nitrogens with one attached hydrogen (secondary N) is 4. The fourth-order valence-electron chi connectivity index (χ4n) is 2.99. The second kappa shape index (κ2) is 15.4. The van der Waals surface area contributed by atoms with E-state index < -0.39 is 72.6 Å². The minimum atomic E-state index is -1.56. The number of aromatic nitrogens is 2. The van der Waals surface area contributed by atoms with Gasteiger partial charge in [-0.1, -0.05) is 0 Å². The molecule has 4 amide bonds. The molecule has 0 saturated heterocycles. The van der Waals surface area contributed by atoms with Crippen molar-refractivity contribution in [2.24, 2.45) is 11.5 Å². The third-order valence-electron chi connectivity index (χ3n) is 4.87. The summed E-state index contributed by atoms with van der Waals surface area (Å²) < 4.78 is 0. The molecule has 0 saturated carbocycles. The van der Waals surface area contributed by atoms with E-state index in [9.17, 15) is 33.9 Å². The molecule has 0 spiro atoms. The van der Waals surface area contributed by atoms with Gasteiger partial charge in [0, 0.05) is 24.7 Å². The van der Waals surface area contributed by atoms with Crippen LogP contribution in [0.3, 0.4) is 0 Å². The number of amides is 4. The highest BCUT2D eigenvalue weighted by Crippen LogP contribution is 2.05. The Morgan fingerprint density at radius 1 is 1.00 bits per heavy atom. The Hall–Kier alpha value is -3.66. The first kappa shape index (κ1) is 30.4. The molecule has 0 radical (unpaired) electrons. The van der Waals surface area contributed by atoms with Crippen molar-refractivity contribution in [2.75, 3.05) is 12.0 Å². The number of nitrogens with zero attached hydrogens (tertiary/aromatic N) is 1. The molecular weight excluding hydrogens is 498 g/mol. The zero-order valence-electron chi connectivity index (χ0n) is 19.6. The van der Waals surface area contributed by atoms with E-state index in [2.05, 4.69) is 25.9 Å². The molecule has 0 aliphatic heterocycles. The Balaban J connectivity index is 2.97. The number of H-pyrrole nitrogens is 1. The lowest BCUT2D eigenvalue weighted by molar-refractivity contribution is -0.142. The fraction of sp³-hybridized carbons (Fsp3) is 0.550. The van der Waals surface area contributed by atoms with Gasteiger partial charge in [0.2, 0.25) is 23.6 Å². The highest BCUT2D eigenvalue weighted by molar-refractivity contribution is 7.98. The van der Waals surface area contributed by atoms with E-state index in [0.29, 0.717) is 11.4 Å². The molecule has 16 heteroatoms. The predicted octanol–water partition coefficient (Wildman–Crippen LogP) is -2.69. The van der Waals surface area contributed by atoms with Crippen LogP contribution in [0.4, 0.5) is 0 Å². The van der Waals surface area contributed by atoms with Gasteiger partial charge in [0.05, 0.1) is 18.8 Å². The number of carboxylic acid groups (broad SMARTS) is 2. The highest BCUT2D eigenvalue weighted by atomic mass is 32.2. The third kappa shape index (κ3) is 11.2. The molecule has 0 aliphatic rings. The van der Waals surface area contributed by atoms with Crippen LogP contribution in [0.25, 0.3) is 0 Å². The minimum Gasteiger partial charge on any atom is -0.481 e. The Bertz CT molecular complexity index is 927. The lowest BCUT2D eigenvalue weighted by Crippen LogP contribution is -2.58. The molecule has 0 aliphatic carbocycles. The zero-order valence-corrected chi connectivity index (χ0v) is 20.4. The molecule has 36 heavy (non-hydrogen) atoms. The lowest BCUT2D eigenvalue weighted by atomic mass is 10.1. The van der Waals surface area contributed by atoms with Crippen molar-refractivity contribution in [3.63, 3.8) is 0 Å². The molecule has 1 heterocycles. The number of carbonyl (C=O) groups is 6. The quantitative estimate of drug-likeness (QED) is 0.103. The lowest BCUT2D eigenvalue weighted by Gasteiger charge is -2.24. The highest BCUT2D eigenvalue weighted by Gasteiger charge is 2.31. The molecule has 1 aromatic rings. The van der Waals surface area contributed by atoms with Crippen LogP contribution >= 0.6 is 11.8 Å². The number of hydrogen-bond donors (Lipinski definition) is 8. The Morgan fingerprint density at radius 2 is 1.61 bits per heavy atom. The van der Waals surface area contributed by atoms with Crippen LogP contribution < -0.4 is 27.4 Å². The molecule has 0 aromatic carbocycles. The summed E-state index contributed by atoms with van der Waals surface area (Å²) in [5.41, 5.74) is 11.6. The predicted molar refractivity (Wildman–Crippen MR) is 127 cm³/mol. The summed E-state index contributed by atoms with van der Waals surface area (Å²) in [6, 6.07) is -5.37. The fourth-order valence-corrected chi connectivity index (χ4v) is 3.46. The van der Waals surface area contributed by atoms with Crippen LogP contribution in [0.1, 0.15) is 31.4 Å². The van der Waals surface area contributed by atoms with Crippen molar-refractivity contribution in [3.8, 4) is 0 Å². The summed E-state index contributed by atoms with van der Waals surface area (Å²) >= 11 is 1.36. The van der Waals surface area contributed by atoms with Crippen molar-refractivity contribution in [1.29, 1.82) is 0 Å². The largest absolute Gasteiger partial charge is 0.481 e. The molecule has 4 unspecified atom stereocenters. The molecule has 200 valence electrons. The van der Waals surface area contributed by atoms with Gasteiger partial charge < -0.3 is 42.6 Å². The molecule has 1 aromatic heterocycles. The summed E-state index contributed by atoms with van der Waals surface area (Å²) in [6.07, 6.45) is 3.23. The number of hydrogen-bond acceptors (Lipinski definition) is 9. The topological polar surface area (TPSA) is 260 Å². The first-order valence-electron chi connectivity index (χ1n) is 10.8. The smallest absolute Gasteiger partial charge is 0.326 e. The normalized spacial score (nSPS) is 14.1. The van der Waals surface area contributed by atoms with Crippen LogP contribution in [0.15, 0.2) is 12.5 Å². The summed E-state index contributed by atoms with van der Waals surface area (Å²) in [7, 11) is 0. The van der Waals surface area contributed by atoms with E-state index in [4.69, 9.17) is 16.6 Å².